The van der Waals surface area contributed by atoms with Crippen molar-refractivity contribution >= 4 is 38.9 Å². The van der Waals surface area contributed by atoms with E-state index in [0.29, 0.717) is 10.7 Å². The number of sulfonamides is 1. The highest BCUT2D eigenvalue weighted by molar-refractivity contribution is 7.92. The van der Waals surface area contributed by atoms with Gasteiger partial charge in [0, 0.05) is 28.9 Å². The van der Waals surface area contributed by atoms with Crippen LogP contribution in [0.15, 0.2) is 41.4 Å². The average molecular weight is 368 g/mol. The topological polar surface area (TPSA) is 120 Å². The number of hydrogen-bond acceptors (Lipinski definition) is 6. The number of pyridine rings is 1. The van der Waals surface area contributed by atoms with E-state index in [1.54, 1.807) is 6.07 Å². The zero-order valence-corrected chi connectivity index (χ0v) is 13.7. The van der Waals surface area contributed by atoms with Gasteiger partial charge in [-0.3, -0.25) is 10.1 Å². The lowest BCUT2D eigenvalue weighted by atomic mass is 10.2. The summed E-state index contributed by atoms with van der Waals surface area (Å²) in [5, 5.41) is 15.4. The molecule has 0 radical (unpaired) electrons. The van der Waals surface area contributed by atoms with E-state index in [1.807, 2.05) is 0 Å². The summed E-state index contributed by atoms with van der Waals surface area (Å²) < 4.78 is 28.5. The third kappa shape index (κ3) is 2.88. The van der Waals surface area contributed by atoms with Crippen molar-refractivity contribution in [1.29, 1.82) is 0 Å². The van der Waals surface area contributed by atoms with Crippen LogP contribution in [-0.2, 0) is 10.0 Å². The Hall–Kier alpha value is -2.72. The van der Waals surface area contributed by atoms with E-state index in [-0.39, 0.29) is 22.1 Å². The number of nitrogens with zero attached hydrogens (tertiary/aromatic N) is 4. The number of fused-ring (bicyclic) bond motifs is 1. The molecule has 0 aliphatic rings. The molecule has 0 aliphatic heterocycles. The summed E-state index contributed by atoms with van der Waals surface area (Å²) in [6.07, 6.45) is 1.53. The van der Waals surface area contributed by atoms with Crippen molar-refractivity contribution in [3.8, 4) is 0 Å². The third-order valence-electron chi connectivity index (χ3n) is 3.27. The fourth-order valence-electron chi connectivity index (χ4n) is 2.17. The molecule has 1 aromatic carbocycles. The predicted molar refractivity (Wildman–Crippen MR) is 86.6 cm³/mol. The molecule has 0 amide bonds. The largest absolute Gasteiger partial charge is 0.273 e. The summed E-state index contributed by atoms with van der Waals surface area (Å²) in [5.41, 5.74) is 0.102. The quantitative estimate of drug-likeness (QED) is 0.558. The molecule has 3 rings (SSSR count). The van der Waals surface area contributed by atoms with E-state index in [2.05, 4.69) is 14.8 Å². The summed E-state index contributed by atoms with van der Waals surface area (Å²) in [5.74, 6) is -0.164. The highest BCUT2D eigenvalue weighted by Crippen LogP contribution is 2.26. The van der Waals surface area contributed by atoms with Crippen LogP contribution in [0.1, 0.15) is 5.56 Å². The van der Waals surface area contributed by atoms with Gasteiger partial charge in [0.2, 0.25) is 0 Å². The van der Waals surface area contributed by atoms with Gasteiger partial charge in [-0.25, -0.2) is 17.7 Å². The van der Waals surface area contributed by atoms with E-state index < -0.39 is 14.9 Å². The van der Waals surface area contributed by atoms with Crippen LogP contribution in [0, 0.1) is 17.0 Å². The van der Waals surface area contributed by atoms with Crippen LogP contribution in [0.3, 0.4) is 0 Å². The average Bonchev–Trinajstić information content (AvgIpc) is 2.87. The smallest absolute Gasteiger partial charge is 0.258 e. The number of benzene rings is 1. The Kier molecular flexibility index (Phi) is 3.85. The zero-order valence-electron chi connectivity index (χ0n) is 12.2. The fraction of sp³-hybridized carbons (Fsp3) is 0.0769. The van der Waals surface area contributed by atoms with Gasteiger partial charge in [0.05, 0.1) is 9.82 Å². The molecular formula is C13H10ClN5O4S. The standard InChI is InChI=1S/C13H10ClN5O4S/c1-8-10(19(20)21)3-2-4-11(8)24(22,23)17-13-15-12-7-9(14)5-6-18(12)16-13/h2-7H,1H3,(H,16,17). The minimum Gasteiger partial charge on any atom is -0.258 e. The molecule has 0 spiro atoms. The Balaban J connectivity index is 2.01. The number of aromatic nitrogens is 3. The lowest BCUT2D eigenvalue weighted by Crippen LogP contribution is -2.15. The molecular weight excluding hydrogens is 358 g/mol. The van der Waals surface area contributed by atoms with Gasteiger partial charge >= 0.3 is 0 Å². The number of hydrogen-bond donors (Lipinski definition) is 1. The lowest BCUT2D eigenvalue weighted by Gasteiger charge is -2.07. The van der Waals surface area contributed by atoms with Gasteiger partial charge < -0.3 is 0 Å². The number of anilines is 1. The van der Waals surface area contributed by atoms with Crippen molar-refractivity contribution in [2.75, 3.05) is 4.72 Å². The maximum Gasteiger partial charge on any atom is 0.273 e. The Morgan fingerprint density at radius 1 is 1.33 bits per heavy atom. The van der Waals surface area contributed by atoms with E-state index in [0.717, 1.165) is 0 Å². The molecule has 2 heterocycles. The molecule has 24 heavy (non-hydrogen) atoms. The van der Waals surface area contributed by atoms with Crippen LogP contribution in [0.4, 0.5) is 11.6 Å². The monoisotopic (exact) mass is 367 g/mol. The van der Waals surface area contributed by atoms with Gasteiger partial charge in [0.25, 0.3) is 21.7 Å². The van der Waals surface area contributed by atoms with Crippen molar-refractivity contribution < 1.29 is 13.3 Å². The minimum atomic E-state index is -4.08. The molecule has 0 bridgehead atoms. The van der Waals surface area contributed by atoms with E-state index in [4.69, 9.17) is 11.6 Å². The molecule has 1 N–H and O–H groups in total. The second-order valence-corrected chi connectivity index (χ2v) is 6.93. The first-order valence-electron chi connectivity index (χ1n) is 6.57. The van der Waals surface area contributed by atoms with E-state index in [1.165, 1.54) is 41.9 Å². The number of rotatable bonds is 4. The summed E-state index contributed by atoms with van der Waals surface area (Å²) in [6, 6.07) is 6.91. The first-order valence-corrected chi connectivity index (χ1v) is 8.43. The lowest BCUT2D eigenvalue weighted by molar-refractivity contribution is -0.385. The molecule has 0 atom stereocenters. The van der Waals surface area contributed by atoms with Crippen molar-refractivity contribution in [1.82, 2.24) is 14.6 Å². The molecule has 2 aromatic heterocycles. The van der Waals surface area contributed by atoms with Crippen molar-refractivity contribution in [3.05, 3.63) is 57.2 Å². The molecule has 0 unspecified atom stereocenters. The van der Waals surface area contributed by atoms with Crippen LogP contribution in [0.2, 0.25) is 5.02 Å². The van der Waals surface area contributed by atoms with Gasteiger partial charge in [-0.05, 0) is 19.1 Å². The number of nitrogens with one attached hydrogen (secondary N) is 1. The second-order valence-electron chi connectivity index (χ2n) is 4.85. The van der Waals surface area contributed by atoms with Crippen molar-refractivity contribution in [2.24, 2.45) is 0 Å². The third-order valence-corrected chi connectivity index (χ3v) is 4.97. The molecule has 11 heteroatoms. The van der Waals surface area contributed by atoms with Crippen LogP contribution in [0.5, 0.6) is 0 Å². The van der Waals surface area contributed by atoms with Gasteiger partial charge in [-0.1, -0.05) is 17.7 Å². The normalized spacial score (nSPS) is 11.6. The summed E-state index contributed by atoms with van der Waals surface area (Å²) in [6.45, 7) is 1.36. The maximum absolute atomic E-state index is 12.5. The Labute approximate surface area is 141 Å². The summed E-state index contributed by atoms with van der Waals surface area (Å²) in [4.78, 5) is 14.1. The molecule has 124 valence electrons. The zero-order chi connectivity index (χ0) is 17.5. The predicted octanol–water partition coefficient (Wildman–Crippen LogP) is 2.40. The van der Waals surface area contributed by atoms with Crippen LogP contribution in [0.25, 0.3) is 5.65 Å². The van der Waals surface area contributed by atoms with Gasteiger partial charge in [-0.15, -0.1) is 5.10 Å². The molecule has 9 nitrogen and oxygen atoms in total. The number of nitro benzene ring substituents is 1. The first-order chi connectivity index (χ1) is 11.3. The Morgan fingerprint density at radius 2 is 2.08 bits per heavy atom. The molecule has 0 fully saturated rings. The maximum atomic E-state index is 12.5. The van der Waals surface area contributed by atoms with Crippen LogP contribution >= 0.6 is 11.6 Å². The Bertz CT molecular complexity index is 1060. The van der Waals surface area contributed by atoms with Gasteiger partial charge in [0.15, 0.2) is 5.65 Å². The van der Waals surface area contributed by atoms with Crippen LogP contribution < -0.4 is 4.72 Å². The van der Waals surface area contributed by atoms with Crippen LogP contribution in [-0.4, -0.2) is 27.9 Å². The first kappa shape index (κ1) is 16.1. The highest BCUT2D eigenvalue weighted by atomic mass is 35.5. The van der Waals surface area contributed by atoms with E-state index in [9.17, 15) is 18.5 Å². The van der Waals surface area contributed by atoms with Crippen molar-refractivity contribution in [2.45, 2.75) is 11.8 Å². The highest BCUT2D eigenvalue weighted by Gasteiger charge is 2.24. The van der Waals surface area contributed by atoms with Crippen molar-refractivity contribution in [3.63, 3.8) is 0 Å². The molecule has 3 aromatic rings. The number of halogens is 1. The number of nitro groups is 1. The summed E-state index contributed by atoms with van der Waals surface area (Å²) >= 11 is 5.84. The minimum absolute atomic E-state index is 0.0295. The molecule has 0 saturated carbocycles. The molecule has 0 saturated heterocycles. The fourth-order valence-corrected chi connectivity index (χ4v) is 3.52. The summed E-state index contributed by atoms with van der Waals surface area (Å²) in [7, 11) is -4.08. The Morgan fingerprint density at radius 3 is 2.79 bits per heavy atom. The molecule has 0 aliphatic carbocycles. The van der Waals surface area contributed by atoms with Gasteiger partial charge in [-0.2, -0.15) is 4.98 Å². The van der Waals surface area contributed by atoms with Gasteiger partial charge in [0.1, 0.15) is 0 Å². The SMILES string of the molecule is Cc1c([N+](=O)[O-])cccc1S(=O)(=O)Nc1nc2cc(Cl)ccn2n1. The van der Waals surface area contributed by atoms with E-state index >= 15 is 0 Å². The second kappa shape index (κ2) is 5.73.